The molecule has 1 aromatic carbocycles. The fraction of sp³-hybridized carbons (Fsp3) is 0.579. The lowest BCUT2D eigenvalue weighted by Gasteiger charge is -2.44. The minimum Gasteiger partial charge on any atom is -0.491 e. The van der Waals surface area contributed by atoms with Crippen molar-refractivity contribution in [2.75, 3.05) is 32.0 Å². The second-order valence-electron chi connectivity index (χ2n) is 7.85. The molecule has 2 aliphatic heterocycles. The number of anilines is 1. The van der Waals surface area contributed by atoms with E-state index in [0.717, 1.165) is 25.9 Å². The number of benzene rings is 1. The van der Waals surface area contributed by atoms with Crippen molar-refractivity contribution in [3.05, 3.63) is 23.2 Å². The molecule has 3 fully saturated rings. The number of amides is 2. The molecule has 1 spiro atoms. The summed E-state index contributed by atoms with van der Waals surface area (Å²) in [6, 6.07) is 5.23. The Hall–Kier alpha value is -2.15. The molecule has 0 bridgehead atoms. The summed E-state index contributed by atoms with van der Waals surface area (Å²) in [5.74, 6) is 1.25. The predicted octanol–water partition coefficient (Wildman–Crippen LogP) is 2.43. The van der Waals surface area contributed by atoms with Gasteiger partial charge in [0.05, 0.1) is 17.8 Å². The summed E-state index contributed by atoms with van der Waals surface area (Å²) in [6.07, 6.45) is 2.81. The van der Waals surface area contributed by atoms with Crippen molar-refractivity contribution in [1.29, 1.82) is 0 Å². The Balaban J connectivity index is 1.21. The first-order chi connectivity index (χ1) is 12.9. The van der Waals surface area contributed by atoms with Crippen molar-refractivity contribution in [3.63, 3.8) is 0 Å². The van der Waals surface area contributed by atoms with Crippen molar-refractivity contribution in [2.45, 2.75) is 31.2 Å². The van der Waals surface area contributed by atoms with E-state index in [4.69, 9.17) is 26.8 Å². The summed E-state index contributed by atoms with van der Waals surface area (Å²) < 4.78 is 10.8. The summed E-state index contributed by atoms with van der Waals surface area (Å²) in [7, 11) is 0. The molecule has 3 N–H and O–H groups in total. The van der Waals surface area contributed by atoms with Crippen LogP contribution < -0.4 is 15.8 Å². The van der Waals surface area contributed by atoms with Crippen LogP contribution in [0.4, 0.5) is 10.5 Å². The van der Waals surface area contributed by atoms with Gasteiger partial charge >= 0.3 is 6.09 Å². The molecule has 27 heavy (non-hydrogen) atoms. The molecular weight excluding hydrogens is 370 g/mol. The third-order valence-electron chi connectivity index (χ3n) is 5.84. The number of nitrogen functional groups attached to an aromatic ring is 1. The van der Waals surface area contributed by atoms with Gasteiger partial charge in [0.15, 0.2) is 0 Å². The maximum atomic E-state index is 12.7. The molecule has 0 aromatic heterocycles. The average Bonchev–Trinajstić information content (AvgIpc) is 3.02. The van der Waals surface area contributed by atoms with Gasteiger partial charge in [-0.15, -0.1) is 0 Å². The van der Waals surface area contributed by atoms with Crippen molar-refractivity contribution < 1.29 is 19.1 Å². The number of alkyl carbamates (subject to hydrolysis) is 1. The van der Waals surface area contributed by atoms with Crippen LogP contribution >= 0.6 is 11.6 Å². The highest BCUT2D eigenvalue weighted by Crippen LogP contribution is 2.41. The second-order valence-corrected chi connectivity index (χ2v) is 8.28. The van der Waals surface area contributed by atoms with E-state index in [-0.39, 0.29) is 23.5 Å². The second kappa shape index (κ2) is 7.11. The number of halogens is 1. The maximum Gasteiger partial charge on any atom is 0.407 e. The number of rotatable bonds is 4. The van der Waals surface area contributed by atoms with Crippen LogP contribution in [0.25, 0.3) is 0 Å². The van der Waals surface area contributed by atoms with Gasteiger partial charge in [-0.2, -0.15) is 0 Å². The number of hydrogen-bond acceptors (Lipinski definition) is 5. The van der Waals surface area contributed by atoms with E-state index < -0.39 is 0 Å². The fourth-order valence-electron chi connectivity index (χ4n) is 4.21. The van der Waals surface area contributed by atoms with Gasteiger partial charge in [-0.1, -0.05) is 11.6 Å². The fourth-order valence-corrected chi connectivity index (χ4v) is 4.39. The Labute approximate surface area is 163 Å². The SMILES string of the molecule is Nc1cc(Cl)ccc1OCC1CCN(C(=O)C2CC3(COC(=O)N3)C2)CC1. The molecule has 0 unspecified atom stereocenters. The molecule has 146 valence electrons. The number of cyclic esters (lactones) is 1. The first kappa shape index (κ1) is 18.2. The molecule has 2 amide bonds. The average molecular weight is 394 g/mol. The van der Waals surface area contributed by atoms with Gasteiger partial charge in [-0.05, 0) is 49.8 Å². The van der Waals surface area contributed by atoms with Crippen LogP contribution in [0.15, 0.2) is 18.2 Å². The lowest BCUT2D eigenvalue weighted by molar-refractivity contribution is -0.142. The minimum absolute atomic E-state index is 0.00587. The molecule has 0 radical (unpaired) electrons. The van der Waals surface area contributed by atoms with E-state index in [1.165, 1.54) is 0 Å². The van der Waals surface area contributed by atoms with Crippen LogP contribution in [-0.2, 0) is 9.53 Å². The number of ether oxygens (including phenoxy) is 2. The number of nitrogens with two attached hydrogens (primary N) is 1. The largest absolute Gasteiger partial charge is 0.491 e. The molecule has 2 heterocycles. The highest BCUT2D eigenvalue weighted by Gasteiger charge is 2.53. The van der Waals surface area contributed by atoms with Crippen molar-refractivity contribution in [1.82, 2.24) is 10.2 Å². The molecule has 1 saturated carbocycles. The van der Waals surface area contributed by atoms with E-state index >= 15 is 0 Å². The van der Waals surface area contributed by atoms with Crippen LogP contribution in [0.3, 0.4) is 0 Å². The van der Waals surface area contributed by atoms with Crippen LogP contribution in [0, 0.1) is 11.8 Å². The quantitative estimate of drug-likeness (QED) is 0.766. The zero-order valence-corrected chi connectivity index (χ0v) is 15.8. The standard InChI is InChI=1S/C19H24ClN3O4/c20-14-1-2-16(15(21)7-14)26-10-12-3-5-23(6-4-12)17(24)13-8-19(9-13)11-27-18(25)22-19/h1-2,7,12-13H,3-6,8-11,21H2,(H,22,25). The number of carbonyl (C=O) groups is 2. The number of carbonyl (C=O) groups excluding carboxylic acids is 2. The molecule has 4 rings (SSSR count). The van der Waals surface area contributed by atoms with Crippen molar-refractivity contribution in [2.24, 2.45) is 11.8 Å². The summed E-state index contributed by atoms with van der Waals surface area (Å²) in [6.45, 7) is 2.46. The van der Waals surface area contributed by atoms with E-state index in [9.17, 15) is 9.59 Å². The lowest BCUT2D eigenvalue weighted by Crippen LogP contribution is -2.58. The first-order valence-corrected chi connectivity index (χ1v) is 9.73. The summed E-state index contributed by atoms with van der Waals surface area (Å²) >= 11 is 5.90. The Morgan fingerprint density at radius 1 is 1.37 bits per heavy atom. The van der Waals surface area contributed by atoms with Gasteiger partial charge in [0.25, 0.3) is 0 Å². The third-order valence-corrected chi connectivity index (χ3v) is 6.08. The minimum atomic E-state index is -0.372. The van der Waals surface area contributed by atoms with Gasteiger partial charge in [-0.3, -0.25) is 4.79 Å². The number of piperidine rings is 1. The van der Waals surface area contributed by atoms with Crippen LogP contribution in [0.5, 0.6) is 5.75 Å². The number of likely N-dealkylation sites (tertiary alicyclic amines) is 1. The van der Waals surface area contributed by atoms with E-state index in [0.29, 0.717) is 48.4 Å². The predicted molar refractivity (Wildman–Crippen MR) is 101 cm³/mol. The smallest absolute Gasteiger partial charge is 0.407 e. The highest BCUT2D eigenvalue weighted by atomic mass is 35.5. The van der Waals surface area contributed by atoms with Crippen LogP contribution in [0.2, 0.25) is 5.02 Å². The van der Waals surface area contributed by atoms with Gasteiger partial charge in [-0.25, -0.2) is 4.79 Å². The molecule has 3 aliphatic rings. The lowest BCUT2D eigenvalue weighted by atomic mass is 9.68. The third kappa shape index (κ3) is 3.78. The van der Waals surface area contributed by atoms with E-state index in [2.05, 4.69) is 5.32 Å². The topological polar surface area (TPSA) is 93.9 Å². The molecule has 1 aromatic rings. The molecule has 8 heteroatoms. The van der Waals surface area contributed by atoms with Crippen molar-refractivity contribution in [3.8, 4) is 5.75 Å². The number of nitrogens with zero attached hydrogens (tertiary/aromatic N) is 1. The van der Waals surface area contributed by atoms with Crippen LogP contribution in [0.1, 0.15) is 25.7 Å². The maximum absolute atomic E-state index is 12.7. The van der Waals surface area contributed by atoms with Crippen LogP contribution in [-0.4, -0.2) is 48.7 Å². The Morgan fingerprint density at radius 2 is 2.11 bits per heavy atom. The highest BCUT2D eigenvalue weighted by molar-refractivity contribution is 6.30. The molecule has 0 atom stereocenters. The normalized spacial score (nSPS) is 27.8. The van der Waals surface area contributed by atoms with E-state index in [1.54, 1.807) is 18.2 Å². The molecular formula is C19H24ClN3O4. The Kier molecular flexibility index (Phi) is 4.80. The monoisotopic (exact) mass is 393 g/mol. The first-order valence-electron chi connectivity index (χ1n) is 9.36. The summed E-state index contributed by atoms with van der Waals surface area (Å²) in [4.78, 5) is 25.8. The zero-order chi connectivity index (χ0) is 19.0. The van der Waals surface area contributed by atoms with Gasteiger partial charge in [0.2, 0.25) is 5.91 Å². The summed E-state index contributed by atoms with van der Waals surface area (Å²) in [5.41, 5.74) is 6.15. The van der Waals surface area contributed by atoms with Crippen molar-refractivity contribution >= 4 is 29.3 Å². The molecule has 2 saturated heterocycles. The number of nitrogens with one attached hydrogen (secondary N) is 1. The molecule has 7 nitrogen and oxygen atoms in total. The van der Waals surface area contributed by atoms with Gasteiger partial charge in [0, 0.05) is 24.0 Å². The zero-order valence-electron chi connectivity index (χ0n) is 15.1. The van der Waals surface area contributed by atoms with Gasteiger partial charge in [0.1, 0.15) is 12.4 Å². The summed E-state index contributed by atoms with van der Waals surface area (Å²) in [5, 5.41) is 3.43. The van der Waals surface area contributed by atoms with Gasteiger partial charge < -0.3 is 25.4 Å². The Morgan fingerprint density at radius 3 is 2.74 bits per heavy atom. The Bertz CT molecular complexity index is 742. The van der Waals surface area contributed by atoms with E-state index in [1.807, 2.05) is 4.90 Å². The molecule has 1 aliphatic carbocycles. The number of hydrogen-bond donors (Lipinski definition) is 2.